The van der Waals surface area contributed by atoms with E-state index in [0.29, 0.717) is 11.7 Å². The molecule has 1 aliphatic rings. The molecule has 5 heteroatoms. The van der Waals surface area contributed by atoms with Crippen LogP contribution < -0.4 is 11.3 Å². The minimum absolute atomic E-state index is 0.312. The molecule has 1 aliphatic heterocycles. The molecule has 1 saturated heterocycles. The number of anilines is 1. The van der Waals surface area contributed by atoms with Crippen LogP contribution >= 0.6 is 0 Å². The van der Waals surface area contributed by atoms with Gasteiger partial charge in [-0.25, -0.2) is 15.8 Å². The first-order valence-corrected chi connectivity index (χ1v) is 5.75. The zero-order valence-electron chi connectivity index (χ0n) is 9.57. The first-order valence-electron chi connectivity index (χ1n) is 5.75. The van der Waals surface area contributed by atoms with E-state index in [1.165, 1.54) is 0 Å². The highest BCUT2D eigenvalue weighted by molar-refractivity contribution is 5.35. The van der Waals surface area contributed by atoms with Gasteiger partial charge in [0.05, 0.1) is 6.61 Å². The summed E-state index contributed by atoms with van der Waals surface area (Å²) in [6.45, 7) is 3.65. The monoisotopic (exact) mass is 222 g/mol. The molecule has 1 aromatic rings. The van der Waals surface area contributed by atoms with Gasteiger partial charge in [0.2, 0.25) is 0 Å². The Morgan fingerprint density at radius 3 is 3.06 bits per heavy atom. The molecule has 3 N–H and O–H groups in total. The standard InChI is InChI=1S/C11H18N4O/c1-2-9-6-10(15-12)14-11(13-9)8-4-3-5-16-7-8/h6,8H,2-5,7,12H2,1H3,(H,13,14,15). The molecule has 88 valence electrons. The minimum atomic E-state index is 0.312. The molecule has 0 bridgehead atoms. The summed E-state index contributed by atoms with van der Waals surface area (Å²) >= 11 is 0. The van der Waals surface area contributed by atoms with Crippen LogP contribution in [-0.4, -0.2) is 23.2 Å². The summed E-state index contributed by atoms with van der Waals surface area (Å²) in [6, 6.07) is 1.88. The largest absolute Gasteiger partial charge is 0.381 e. The minimum Gasteiger partial charge on any atom is -0.381 e. The summed E-state index contributed by atoms with van der Waals surface area (Å²) in [5.74, 6) is 7.25. The van der Waals surface area contributed by atoms with Crippen molar-refractivity contribution in [3.05, 3.63) is 17.6 Å². The number of hydrogen-bond donors (Lipinski definition) is 2. The van der Waals surface area contributed by atoms with Crippen LogP contribution in [0.3, 0.4) is 0 Å². The lowest BCUT2D eigenvalue weighted by atomic mass is 10.0. The summed E-state index contributed by atoms with van der Waals surface area (Å²) in [5, 5.41) is 0. The van der Waals surface area contributed by atoms with Crippen LogP contribution in [0.15, 0.2) is 6.07 Å². The van der Waals surface area contributed by atoms with Crippen molar-refractivity contribution in [1.29, 1.82) is 0 Å². The Morgan fingerprint density at radius 1 is 1.56 bits per heavy atom. The Hall–Kier alpha value is -1.20. The fraction of sp³-hybridized carbons (Fsp3) is 0.636. The molecule has 0 radical (unpaired) electrons. The molecular weight excluding hydrogens is 204 g/mol. The molecule has 16 heavy (non-hydrogen) atoms. The number of nitrogens with zero attached hydrogens (tertiary/aromatic N) is 2. The maximum Gasteiger partial charge on any atom is 0.143 e. The Bertz CT molecular complexity index is 328. The number of ether oxygens (including phenoxy) is 1. The average molecular weight is 222 g/mol. The second kappa shape index (κ2) is 5.23. The smallest absolute Gasteiger partial charge is 0.143 e. The Kier molecular flexibility index (Phi) is 3.69. The zero-order valence-corrected chi connectivity index (χ0v) is 9.57. The van der Waals surface area contributed by atoms with Gasteiger partial charge in [0, 0.05) is 24.3 Å². The second-order valence-electron chi connectivity index (χ2n) is 4.01. The van der Waals surface area contributed by atoms with Gasteiger partial charge in [0.15, 0.2) is 0 Å². The Balaban J connectivity index is 2.24. The van der Waals surface area contributed by atoms with Gasteiger partial charge in [-0.1, -0.05) is 6.92 Å². The normalized spacial score (nSPS) is 20.8. The molecule has 0 aliphatic carbocycles. The maximum absolute atomic E-state index is 5.45. The number of nitrogens with two attached hydrogens (primary N) is 1. The maximum atomic E-state index is 5.45. The van der Waals surface area contributed by atoms with Gasteiger partial charge in [-0.05, 0) is 19.3 Å². The third-order valence-corrected chi connectivity index (χ3v) is 2.83. The molecule has 2 rings (SSSR count). The van der Waals surface area contributed by atoms with Crippen molar-refractivity contribution in [2.24, 2.45) is 5.84 Å². The molecule has 1 atom stereocenters. The molecule has 0 saturated carbocycles. The number of hydrogen-bond acceptors (Lipinski definition) is 5. The van der Waals surface area contributed by atoms with Gasteiger partial charge in [0.1, 0.15) is 11.6 Å². The van der Waals surface area contributed by atoms with E-state index in [1.807, 2.05) is 6.07 Å². The molecule has 1 aromatic heterocycles. The SMILES string of the molecule is CCc1cc(NN)nc(C2CCCOC2)n1. The first-order chi connectivity index (χ1) is 7.83. The highest BCUT2D eigenvalue weighted by Gasteiger charge is 2.19. The predicted octanol–water partition coefficient (Wildman–Crippen LogP) is 1.22. The van der Waals surface area contributed by atoms with Crippen LogP contribution in [-0.2, 0) is 11.2 Å². The molecule has 0 spiro atoms. The van der Waals surface area contributed by atoms with Crippen LogP contribution in [0, 0.1) is 0 Å². The number of aromatic nitrogens is 2. The van der Waals surface area contributed by atoms with E-state index < -0.39 is 0 Å². The fourth-order valence-electron chi connectivity index (χ4n) is 1.90. The lowest BCUT2D eigenvalue weighted by molar-refractivity contribution is 0.0780. The number of hydrazine groups is 1. The van der Waals surface area contributed by atoms with Crippen molar-refractivity contribution in [3.8, 4) is 0 Å². The van der Waals surface area contributed by atoms with E-state index in [-0.39, 0.29) is 0 Å². The van der Waals surface area contributed by atoms with Crippen molar-refractivity contribution in [3.63, 3.8) is 0 Å². The van der Waals surface area contributed by atoms with Crippen LogP contribution in [0.2, 0.25) is 0 Å². The topological polar surface area (TPSA) is 73.1 Å². The van der Waals surface area contributed by atoms with E-state index in [0.717, 1.165) is 44.0 Å². The van der Waals surface area contributed by atoms with E-state index in [1.54, 1.807) is 0 Å². The Morgan fingerprint density at radius 2 is 2.44 bits per heavy atom. The van der Waals surface area contributed by atoms with Crippen molar-refractivity contribution in [2.75, 3.05) is 18.6 Å². The van der Waals surface area contributed by atoms with Crippen molar-refractivity contribution >= 4 is 5.82 Å². The molecule has 2 heterocycles. The van der Waals surface area contributed by atoms with Crippen molar-refractivity contribution < 1.29 is 4.74 Å². The quantitative estimate of drug-likeness (QED) is 0.594. The fourth-order valence-corrected chi connectivity index (χ4v) is 1.90. The van der Waals surface area contributed by atoms with E-state index in [2.05, 4.69) is 22.3 Å². The van der Waals surface area contributed by atoms with Crippen LogP contribution in [0.1, 0.15) is 37.2 Å². The summed E-state index contributed by atoms with van der Waals surface area (Å²) in [5.41, 5.74) is 3.61. The van der Waals surface area contributed by atoms with Gasteiger partial charge in [-0.15, -0.1) is 0 Å². The van der Waals surface area contributed by atoms with E-state index >= 15 is 0 Å². The van der Waals surface area contributed by atoms with Crippen LogP contribution in [0.4, 0.5) is 5.82 Å². The molecule has 5 nitrogen and oxygen atoms in total. The van der Waals surface area contributed by atoms with Gasteiger partial charge < -0.3 is 10.2 Å². The molecular formula is C11H18N4O. The number of nitrogen functional groups attached to an aromatic ring is 1. The van der Waals surface area contributed by atoms with Crippen molar-refractivity contribution in [1.82, 2.24) is 9.97 Å². The Labute approximate surface area is 95.4 Å². The summed E-state index contributed by atoms with van der Waals surface area (Å²) in [4.78, 5) is 8.93. The first kappa shape index (κ1) is 11.3. The summed E-state index contributed by atoms with van der Waals surface area (Å²) in [6.07, 6.45) is 3.06. The van der Waals surface area contributed by atoms with E-state index in [9.17, 15) is 0 Å². The zero-order chi connectivity index (χ0) is 11.4. The van der Waals surface area contributed by atoms with Gasteiger partial charge in [-0.2, -0.15) is 0 Å². The van der Waals surface area contributed by atoms with Gasteiger partial charge in [-0.3, -0.25) is 0 Å². The number of aryl methyl sites for hydroxylation is 1. The van der Waals surface area contributed by atoms with E-state index in [4.69, 9.17) is 10.6 Å². The highest BCUT2D eigenvalue weighted by atomic mass is 16.5. The average Bonchev–Trinajstić information content (AvgIpc) is 2.39. The highest BCUT2D eigenvalue weighted by Crippen LogP contribution is 2.23. The van der Waals surface area contributed by atoms with Crippen LogP contribution in [0.5, 0.6) is 0 Å². The summed E-state index contributed by atoms with van der Waals surface area (Å²) in [7, 11) is 0. The molecule has 0 aromatic carbocycles. The van der Waals surface area contributed by atoms with Gasteiger partial charge in [0.25, 0.3) is 0 Å². The molecule has 1 fully saturated rings. The predicted molar refractivity (Wildman–Crippen MR) is 62.0 cm³/mol. The third-order valence-electron chi connectivity index (χ3n) is 2.83. The molecule has 0 amide bonds. The molecule has 1 unspecified atom stereocenters. The van der Waals surface area contributed by atoms with Crippen LogP contribution in [0.25, 0.3) is 0 Å². The van der Waals surface area contributed by atoms with Gasteiger partial charge >= 0.3 is 0 Å². The lowest BCUT2D eigenvalue weighted by Gasteiger charge is -2.21. The summed E-state index contributed by atoms with van der Waals surface area (Å²) < 4.78 is 5.45. The lowest BCUT2D eigenvalue weighted by Crippen LogP contribution is -2.20. The van der Waals surface area contributed by atoms with Crippen molar-refractivity contribution in [2.45, 2.75) is 32.1 Å². The second-order valence-corrected chi connectivity index (χ2v) is 4.01. The number of nitrogens with one attached hydrogen (secondary N) is 1. The third kappa shape index (κ3) is 2.48. The number of rotatable bonds is 3.